The van der Waals surface area contributed by atoms with Gasteiger partial charge in [-0.15, -0.1) is 0 Å². The molecule has 2 aliphatic rings. The van der Waals surface area contributed by atoms with Crippen molar-refractivity contribution in [3.8, 4) is 0 Å². The zero-order valence-electron chi connectivity index (χ0n) is 6.80. The minimum atomic E-state index is -0.00810. The molecule has 0 amide bonds. The first-order valence-electron chi connectivity index (χ1n) is 4.30. The van der Waals surface area contributed by atoms with Crippen molar-refractivity contribution in [2.45, 2.75) is 39.2 Å². The quantitative estimate of drug-likeness (QED) is 0.544. The van der Waals surface area contributed by atoms with Crippen LogP contribution in [0.1, 0.15) is 33.1 Å². The zero-order chi connectivity index (χ0) is 7.35. The molecule has 2 fully saturated rings. The largest absolute Gasteiger partial charge is 0.392 e. The van der Waals surface area contributed by atoms with Gasteiger partial charge in [-0.2, -0.15) is 0 Å². The van der Waals surface area contributed by atoms with Gasteiger partial charge in [-0.25, -0.2) is 0 Å². The summed E-state index contributed by atoms with van der Waals surface area (Å²) in [6.07, 6.45) is 3.91. The molecule has 0 unspecified atom stereocenters. The molecule has 10 heavy (non-hydrogen) atoms. The SMILES string of the molecule is CC1(C)[C@H]2CC[C@@H](C2)[C@@H]1O. The Morgan fingerprint density at radius 1 is 1.30 bits per heavy atom. The monoisotopic (exact) mass is 140 g/mol. The summed E-state index contributed by atoms with van der Waals surface area (Å²) < 4.78 is 0. The molecular weight excluding hydrogens is 124 g/mol. The van der Waals surface area contributed by atoms with Crippen LogP contribution in [-0.2, 0) is 0 Å². The predicted molar refractivity (Wildman–Crippen MR) is 40.6 cm³/mol. The van der Waals surface area contributed by atoms with Crippen molar-refractivity contribution in [3.05, 3.63) is 0 Å². The van der Waals surface area contributed by atoms with Crippen LogP contribution < -0.4 is 0 Å². The zero-order valence-corrected chi connectivity index (χ0v) is 6.80. The molecule has 0 radical (unpaired) electrons. The number of hydrogen-bond donors (Lipinski definition) is 1. The third-order valence-electron chi connectivity index (χ3n) is 3.73. The standard InChI is InChI=1S/C9H16O/c1-9(2)7-4-3-6(5-7)8(9)10/h6-8,10H,3-5H2,1-2H3/t6-,7-,8-/m0/s1. The van der Waals surface area contributed by atoms with Crippen molar-refractivity contribution < 1.29 is 5.11 Å². The van der Waals surface area contributed by atoms with Gasteiger partial charge in [-0.05, 0) is 36.5 Å². The second kappa shape index (κ2) is 1.76. The minimum Gasteiger partial charge on any atom is -0.392 e. The first-order chi connectivity index (χ1) is 4.62. The van der Waals surface area contributed by atoms with Gasteiger partial charge < -0.3 is 5.11 Å². The molecule has 1 N–H and O–H groups in total. The van der Waals surface area contributed by atoms with Crippen LogP contribution in [0.3, 0.4) is 0 Å². The molecule has 1 nitrogen and oxygen atoms in total. The number of hydrogen-bond acceptors (Lipinski definition) is 1. The van der Waals surface area contributed by atoms with Gasteiger partial charge in [0.05, 0.1) is 6.10 Å². The fourth-order valence-electron chi connectivity index (χ4n) is 2.83. The predicted octanol–water partition coefficient (Wildman–Crippen LogP) is 1.80. The van der Waals surface area contributed by atoms with Crippen LogP contribution in [0.5, 0.6) is 0 Å². The molecule has 0 heterocycles. The first-order valence-corrected chi connectivity index (χ1v) is 4.30. The van der Waals surface area contributed by atoms with Crippen LogP contribution in [0.15, 0.2) is 0 Å². The van der Waals surface area contributed by atoms with Crippen LogP contribution >= 0.6 is 0 Å². The highest BCUT2D eigenvalue weighted by molar-refractivity contribution is 5.01. The smallest absolute Gasteiger partial charge is 0.0622 e. The lowest BCUT2D eigenvalue weighted by atomic mass is 9.74. The summed E-state index contributed by atoms with van der Waals surface area (Å²) in [6, 6.07) is 0. The first kappa shape index (κ1) is 6.66. The Kier molecular flexibility index (Phi) is 1.17. The second-order valence-electron chi connectivity index (χ2n) is 4.54. The van der Waals surface area contributed by atoms with E-state index in [-0.39, 0.29) is 11.5 Å². The third-order valence-corrected chi connectivity index (χ3v) is 3.73. The van der Waals surface area contributed by atoms with Crippen molar-refractivity contribution in [1.29, 1.82) is 0 Å². The highest BCUT2D eigenvalue weighted by Crippen LogP contribution is 2.55. The molecule has 2 rings (SSSR count). The molecule has 0 spiro atoms. The molecule has 0 aromatic rings. The molecule has 2 aliphatic carbocycles. The number of aliphatic hydroxyl groups excluding tert-OH is 1. The van der Waals surface area contributed by atoms with E-state index in [4.69, 9.17) is 0 Å². The van der Waals surface area contributed by atoms with Crippen LogP contribution in [0.2, 0.25) is 0 Å². The van der Waals surface area contributed by atoms with Crippen molar-refractivity contribution in [2.24, 2.45) is 17.3 Å². The summed E-state index contributed by atoms with van der Waals surface area (Å²) in [5.41, 5.74) is 0.225. The van der Waals surface area contributed by atoms with Crippen LogP contribution in [0.4, 0.5) is 0 Å². The highest BCUT2D eigenvalue weighted by Gasteiger charge is 2.51. The molecule has 1 heteroatoms. The molecule has 0 saturated heterocycles. The van der Waals surface area contributed by atoms with Crippen LogP contribution in [0, 0.1) is 17.3 Å². The summed E-state index contributed by atoms with van der Waals surface area (Å²) in [7, 11) is 0. The Labute approximate surface area is 62.4 Å². The average molecular weight is 140 g/mol. The van der Waals surface area contributed by atoms with Gasteiger partial charge in [-0.3, -0.25) is 0 Å². The molecular formula is C9H16O. The topological polar surface area (TPSA) is 20.2 Å². The van der Waals surface area contributed by atoms with Crippen molar-refractivity contribution in [3.63, 3.8) is 0 Å². The summed E-state index contributed by atoms with van der Waals surface area (Å²) in [5.74, 6) is 1.45. The van der Waals surface area contributed by atoms with Gasteiger partial charge in [0, 0.05) is 0 Å². The third kappa shape index (κ3) is 0.619. The lowest BCUT2D eigenvalue weighted by Crippen LogP contribution is -2.34. The number of rotatable bonds is 0. The van der Waals surface area contributed by atoms with Gasteiger partial charge in [0.25, 0.3) is 0 Å². The van der Waals surface area contributed by atoms with E-state index in [1.54, 1.807) is 0 Å². The summed E-state index contributed by atoms with van der Waals surface area (Å²) in [6.45, 7) is 4.42. The Balaban J connectivity index is 2.25. The van der Waals surface area contributed by atoms with E-state index in [1.165, 1.54) is 19.3 Å². The summed E-state index contributed by atoms with van der Waals surface area (Å²) in [4.78, 5) is 0. The average Bonchev–Trinajstić information content (AvgIpc) is 2.37. The van der Waals surface area contributed by atoms with E-state index < -0.39 is 0 Å². The maximum atomic E-state index is 9.75. The number of aliphatic hydroxyl groups is 1. The van der Waals surface area contributed by atoms with E-state index in [9.17, 15) is 5.11 Å². The van der Waals surface area contributed by atoms with E-state index in [0.717, 1.165) is 5.92 Å². The van der Waals surface area contributed by atoms with Crippen LogP contribution in [-0.4, -0.2) is 11.2 Å². The molecule has 2 saturated carbocycles. The molecule has 0 aromatic carbocycles. The highest BCUT2D eigenvalue weighted by atomic mass is 16.3. The Hall–Kier alpha value is -0.0400. The van der Waals surface area contributed by atoms with Gasteiger partial charge in [0.2, 0.25) is 0 Å². The van der Waals surface area contributed by atoms with Gasteiger partial charge in [0.15, 0.2) is 0 Å². The number of fused-ring (bicyclic) bond motifs is 2. The normalized spacial score (nSPS) is 50.1. The fraction of sp³-hybridized carbons (Fsp3) is 1.00. The fourth-order valence-corrected chi connectivity index (χ4v) is 2.83. The lowest BCUT2D eigenvalue weighted by Gasteiger charge is -2.34. The summed E-state index contributed by atoms with van der Waals surface area (Å²) in [5, 5.41) is 9.75. The summed E-state index contributed by atoms with van der Waals surface area (Å²) >= 11 is 0. The Bertz CT molecular complexity index is 147. The lowest BCUT2D eigenvalue weighted by molar-refractivity contribution is 0.00432. The Morgan fingerprint density at radius 3 is 2.30 bits per heavy atom. The van der Waals surface area contributed by atoms with E-state index in [2.05, 4.69) is 13.8 Å². The molecule has 58 valence electrons. The molecule has 3 atom stereocenters. The maximum Gasteiger partial charge on any atom is 0.0622 e. The maximum absolute atomic E-state index is 9.75. The molecule has 0 aromatic heterocycles. The second-order valence-corrected chi connectivity index (χ2v) is 4.54. The van der Waals surface area contributed by atoms with Crippen LogP contribution in [0.25, 0.3) is 0 Å². The molecule has 0 aliphatic heterocycles. The van der Waals surface area contributed by atoms with E-state index in [1.807, 2.05) is 0 Å². The van der Waals surface area contributed by atoms with Crippen molar-refractivity contribution >= 4 is 0 Å². The van der Waals surface area contributed by atoms with Crippen molar-refractivity contribution in [2.75, 3.05) is 0 Å². The molecule has 2 bridgehead atoms. The minimum absolute atomic E-state index is 0.00810. The van der Waals surface area contributed by atoms with E-state index >= 15 is 0 Å². The van der Waals surface area contributed by atoms with Gasteiger partial charge in [0.1, 0.15) is 0 Å². The van der Waals surface area contributed by atoms with Gasteiger partial charge in [-0.1, -0.05) is 13.8 Å². The van der Waals surface area contributed by atoms with Gasteiger partial charge >= 0.3 is 0 Å². The van der Waals surface area contributed by atoms with E-state index in [0.29, 0.717) is 5.92 Å². The Morgan fingerprint density at radius 2 is 2.00 bits per heavy atom. The van der Waals surface area contributed by atoms with Crippen molar-refractivity contribution in [1.82, 2.24) is 0 Å².